The molecule has 1 aromatic heterocycles. The Morgan fingerprint density at radius 1 is 1.41 bits per heavy atom. The van der Waals surface area contributed by atoms with E-state index in [2.05, 4.69) is 20.4 Å². The molecule has 7 nitrogen and oxygen atoms in total. The van der Waals surface area contributed by atoms with Crippen molar-refractivity contribution in [2.24, 2.45) is 5.10 Å². The van der Waals surface area contributed by atoms with Gasteiger partial charge in [-0.3, -0.25) is 10.2 Å². The summed E-state index contributed by atoms with van der Waals surface area (Å²) in [5.74, 6) is 0.545. The van der Waals surface area contributed by atoms with Gasteiger partial charge in [-0.15, -0.1) is 11.3 Å². The normalized spacial score (nSPS) is 11.1. The molecule has 1 aromatic carbocycles. The number of esters is 1. The predicted molar refractivity (Wildman–Crippen MR) is 109 cm³/mol. The standard InChI is InChI=1S/C19H26N4O3S/c1-4-25-18(24)12-16-14-27-19(21-16)22-20-13-15-7-5-8-17(11-15)26-10-6-9-23(2)3/h5,7-8,11,13-14H,4,6,9-10,12H2,1-3H3,(H,21,22). The number of nitrogens with one attached hydrogen (secondary N) is 1. The van der Waals surface area contributed by atoms with Crippen LogP contribution in [0.3, 0.4) is 0 Å². The molecule has 0 unspecified atom stereocenters. The molecule has 2 aromatic rings. The van der Waals surface area contributed by atoms with Gasteiger partial charge < -0.3 is 14.4 Å². The van der Waals surface area contributed by atoms with Crippen molar-refractivity contribution in [2.45, 2.75) is 19.8 Å². The van der Waals surface area contributed by atoms with Crippen LogP contribution in [-0.2, 0) is 16.0 Å². The summed E-state index contributed by atoms with van der Waals surface area (Å²) in [4.78, 5) is 17.9. The molecule has 0 spiro atoms. The van der Waals surface area contributed by atoms with E-state index in [-0.39, 0.29) is 12.4 Å². The van der Waals surface area contributed by atoms with Crippen LogP contribution in [0.1, 0.15) is 24.6 Å². The highest BCUT2D eigenvalue weighted by Gasteiger charge is 2.07. The van der Waals surface area contributed by atoms with Crippen molar-refractivity contribution in [2.75, 3.05) is 39.3 Å². The molecule has 0 aliphatic rings. The second-order valence-electron chi connectivity index (χ2n) is 6.07. The van der Waals surface area contributed by atoms with Gasteiger partial charge in [-0.2, -0.15) is 5.10 Å². The highest BCUT2D eigenvalue weighted by Crippen LogP contribution is 2.16. The first-order valence-electron chi connectivity index (χ1n) is 8.83. The molecule has 0 aliphatic heterocycles. The van der Waals surface area contributed by atoms with E-state index in [1.807, 2.05) is 43.7 Å². The monoisotopic (exact) mass is 390 g/mol. The van der Waals surface area contributed by atoms with E-state index in [0.29, 0.717) is 24.0 Å². The van der Waals surface area contributed by atoms with Crippen molar-refractivity contribution in [1.82, 2.24) is 9.88 Å². The molecule has 0 atom stereocenters. The van der Waals surface area contributed by atoms with Crippen molar-refractivity contribution in [1.29, 1.82) is 0 Å². The van der Waals surface area contributed by atoms with Crippen LogP contribution >= 0.6 is 11.3 Å². The third-order valence-corrected chi connectivity index (χ3v) is 4.23. The number of hydrogen-bond acceptors (Lipinski definition) is 8. The van der Waals surface area contributed by atoms with E-state index in [0.717, 1.165) is 24.3 Å². The topological polar surface area (TPSA) is 76.1 Å². The Balaban J connectivity index is 1.81. The van der Waals surface area contributed by atoms with Gasteiger partial charge in [0.25, 0.3) is 0 Å². The molecule has 0 saturated carbocycles. The molecule has 0 saturated heterocycles. The van der Waals surface area contributed by atoms with Gasteiger partial charge in [0.05, 0.1) is 31.5 Å². The summed E-state index contributed by atoms with van der Waals surface area (Å²) in [6.07, 6.45) is 2.85. The van der Waals surface area contributed by atoms with Crippen LogP contribution in [0, 0.1) is 0 Å². The third kappa shape index (κ3) is 8.19. The van der Waals surface area contributed by atoms with Gasteiger partial charge >= 0.3 is 5.97 Å². The molecule has 146 valence electrons. The van der Waals surface area contributed by atoms with Crippen LogP contribution in [-0.4, -0.2) is 55.9 Å². The zero-order chi connectivity index (χ0) is 19.5. The Morgan fingerprint density at radius 2 is 2.26 bits per heavy atom. The molecule has 8 heteroatoms. The van der Waals surface area contributed by atoms with E-state index in [1.165, 1.54) is 11.3 Å². The fraction of sp³-hybridized carbons (Fsp3) is 0.421. The maximum Gasteiger partial charge on any atom is 0.311 e. The second-order valence-corrected chi connectivity index (χ2v) is 6.93. The molecular weight excluding hydrogens is 364 g/mol. The van der Waals surface area contributed by atoms with Crippen LogP contribution < -0.4 is 10.2 Å². The summed E-state index contributed by atoms with van der Waals surface area (Å²) in [6.45, 7) is 3.83. The minimum Gasteiger partial charge on any atom is -0.494 e. The number of benzene rings is 1. The predicted octanol–water partition coefficient (Wildman–Crippen LogP) is 3.03. The van der Waals surface area contributed by atoms with E-state index in [9.17, 15) is 4.79 Å². The molecule has 0 bridgehead atoms. The molecule has 1 heterocycles. The molecular formula is C19H26N4O3S. The number of carbonyl (C=O) groups is 1. The number of hydrogen-bond donors (Lipinski definition) is 1. The van der Waals surface area contributed by atoms with Gasteiger partial charge in [-0.25, -0.2) is 4.98 Å². The van der Waals surface area contributed by atoms with Crippen LogP contribution in [0.15, 0.2) is 34.7 Å². The minimum absolute atomic E-state index is 0.170. The quantitative estimate of drug-likeness (QED) is 0.275. The summed E-state index contributed by atoms with van der Waals surface area (Å²) >= 11 is 1.39. The van der Waals surface area contributed by atoms with Crippen molar-refractivity contribution in [3.63, 3.8) is 0 Å². The Kier molecular flexibility index (Phi) is 8.73. The Labute approximate surface area is 164 Å². The van der Waals surface area contributed by atoms with Gasteiger partial charge in [0.2, 0.25) is 5.13 Å². The molecule has 0 amide bonds. The molecule has 0 radical (unpaired) electrons. The Morgan fingerprint density at radius 3 is 3.04 bits per heavy atom. The number of aromatic nitrogens is 1. The van der Waals surface area contributed by atoms with Crippen LogP contribution in [0.25, 0.3) is 0 Å². The number of carbonyl (C=O) groups excluding carboxylic acids is 1. The zero-order valence-electron chi connectivity index (χ0n) is 16.0. The SMILES string of the molecule is CCOC(=O)Cc1csc(NN=Cc2cccc(OCCCN(C)C)c2)n1. The summed E-state index contributed by atoms with van der Waals surface area (Å²) in [5.41, 5.74) is 4.48. The van der Waals surface area contributed by atoms with Crippen LogP contribution in [0.5, 0.6) is 5.75 Å². The maximum absolute atomic E-state index is 11.5. The van der Waals surface area contributed by atoms with Gasteiger partial charge in [-0.05, 0) is 45.1 Å². The lowest BCUT2D eigenvalue weighted by Crippen LogP contribution is -2.15. The maximum atomic E-state index is 11.5. The first-order chi connectivity index (χ1) is 13.1. The lowest BCUT2D eigenvalue weighted by atomic mass is 10.2. The first kappa shape index (κ1) is 20.9. The van der Waals surface area contributed by atoms with Gasteiger partial charge in [0.15, 0.2) is 0 Å². The summed E-state index contributed by atoms with van der Waals surface area (Å²) in [7, 11) is 4.10. The number of nitrogens with zero attached hydrogens (tertiary/aromatic N) is 3. The number of hydrazone groups is 1. The van der Waals surface area contributed by atoms with Gasteiger partial charge in [0, 0.05) is 11.9 Å². The van der Waals surface area contributed by atoms with Gasteiger partial charge in [0.1, 0.15) is 5.75 Å². The van der Waals surface area contributed by atoms with Crippen molar-refractivity contribution >= 4 is 28.7 Å². The highest BCUT2D eigenvalue weighted by atomic mass is 32.1. The molecule has 2 rings (SSSR count). The fourth-order valence-corrected chi connectivity index (χ4v) is 2.88. The highest BCUT2D eigenvalue weighted by molar-refractivity contribution is 7.13. The van der Waals surface area contributed by atoms with Crippen molar-refractivity contribution < 1.29 is 14.3 Å². The smallest absolute Gasteiger partial charge is 0.311 e. The summed E-state index contributed by atoms with van der Waals surface area (Å²) in [5, 5.41) is 6.64. The average Bonchev–Trinajstić information content (AvgIpc) is 3.06. The zero-order valence-corrected chi connectivity index (χ0v) is 16.8. The van der Waals surface area contributed by atoms with Crippen LogP contribution in [0.4, 0.5) is 5.13 Å². The Hall–Kier alpha value is -2.45. The second kappa shape index (κ2) is 11.3. The molecule has 0 fully saturated rings. The fourth-order valence-electron chi connectivity index (χ4n) is 2.22. The summed E-state index contributed by atoms with van der Waals surface area (Å²) in [6, 6.07) is 7.76. The van der Waals surface area contributed by atoms with Crippen LogP contribution in [0.2, 0.25) is 0 Å². The average molecular weight is 391 g/mol. The molecule has 27 heavy (non-hydrogen) atoms. The first-order valence-corrected chi connectivity index (χ1v) is 9.71. The van der Waals surface area contributed by atoms with Crippen molar-refractivity contribution in [3.8, 4) is 5.75 Å². The summed E-state index contributed by atoms with van der Waals surface area (Å²) < 4.78 is 10.7. The van der Waals surface area contributed by atoms with E-state index in [1.54, 1.807) is 13.1 Å². The number of anilines is 1. The number of rotatable bonds is 11. The van der Waals surface area contributed by atoms with E-state index >= 15 is 0 Å². The van der Waals surface area contributed by atoms with E-state index in [4.69, 9.17) is 9.47 Å². The molecule has 0 aliphatic carbocycles. The van der Waals surface area contributed by atoms with Gasteiger partial charge in [-0.1, -0.05) is 12.1 Å². The third-order valence-electron chi connectivity index (χ3n) is 3.43. The Bertz CT molecular complexity index is 746. The van der Waals surface area contributed by atoms with E-state index < -0.39 is 0 Å². The lowest BCUT2D eigenvalue weighted by Gasteiger charge is -2.10. The molecule has 1 N–H and O–H groups in total. The largest absolute Gasteiger partial charge is 0.494 e. The number of ether oxygens (including phenoxy) is 2. The number of thiazole rings is 1. The van der Waals surface area contributed by atoms with Crippen molar-refractivity contribution in [3.05, 3.63) is 40.9 Å². The minimum atomic E-state index is -0.278. The lowest BCUT2D eigenvalue weighted by molar-refractivity contribution is -0.142.